The average Bonchev–Trinajstić information content (AvgIpc) is 2.26. The van der Waals surface area contributed by atoms with E-state index in [1.165, 1.54) is 0 Å². The van der Waals surface area contributed by atoms with Crippen molar-refractivity contribution in [1.29, 1.82) is 0 Å². The Balaban J connectivity index is 2.31. The van der Waals surface area contributed by atoms with Crippen molar-refractivity contribution < 1.29 is 14.3 Å². The highest BCUT2D eigenvalue weighted by Gasteiger charge is 2.27. The maximum Gasteiger partial charge on any atom is 0.407 e. The summed E-state index contributed by atoms with van der Waals surface area (Å²) in [5.74, 6) is 0.553. The Hall–Kier alpha value is -1.06. The fourth-order valence-electron chi connectivity index (χ4n) is 2.32. The number of ketones is 1. The van der Waals surface area contributed by atoms with Gasteiger partial charge in [0.25, 0.3) is 0 Å². The van der Waals surface area contributed by atoms with Crippen molar-refractivity contribution in [2.24, 2.45) is 5.92 Å². The highest BCUT2D eigenvalue weighted by atomic mass is 16.6. The predicted octanol–water partition coefficient (Wildman–Crippen LogP) is 3.05. The summed E-state index contributed by atoms with van der Waals surface area (Å²) in [5.41, 5.74) is -0.459. The molecule has 0 bridgehead atoms. The summed E-state index contributed by atoms with van der Waals surface area (Å²) in [6.07, 6.45) is 3.77. The summed E-state index contributed by atoms with van der Waals surface area (Å²) in [4.78, 5) is 23.2. The Morgan fingerprint density at radius 3 is 2.17 bits per heavy atom. The van der Waals surface area contributed by atoms with Crippen molar-refractivity contribution in [1.82, 2.24) is 5.32 Å². The van der Waals surface area contributed by atoms with Crippen LogP contribution in [0.15, 0.2) is 0 Å². The summed E-state index contributed by atoms with van der Waals surface area (Å²) in [6, 6.07) is 0.153. The first-order chi connectivity index (χ1) is 8.31. The highest BCUT2D eigenvalue weighted by molar-refractivity contribution is 5.80. The van der Waals surface area contributed by atoms with E-state index in [-0.39, 0.29) is 18.1 Å². The Kier molecular flexibility index (Phi) is 5.17. The molecule has 1 aliphatic carbocycles. The van der Waals surface area contributed by atoms with E-state index >= 15 is 0 Å². The molecule has 0 unspecified atom stereocenters. The summed E-state index contributed by atoms with van der Waals surface area (Å²) in [5, 5.41) is 2.88. The molecule has 0 saturated heterocycles. The van der Waals surface area contributed by atoms with Crippen LogP contribution in [0.2, 0.25) is 0 Å². The van der Waals surface area contributed by atoms with Crippen molar-refractivity contribution in [3.05, 3.63) is 0 Å². The zero-order valence-electron chi connectivity index (χ0n) is 11.9. The molecule has 0 spiro atoms. The molecule has 1 rings (SSSR count). The van der Waals surface area contributed by atoms with Crippen LogP contribution < -0.4 is 5.32 Å². The molecule has 104 valence electrons. The van der Waals surface area contributed by atoms with E-state index in [1.807, 2.05) is 27.7 Å². The van der Waals surface area contributed by atoms with Crippen LogP contribution in [0.3, 0.4) is 0 Å². The first-order valence-corrected chi connectivity index (χ1v) is 6.84. The Bertz CT molecular complexity index is 299. The van der Waals surface area contributed by atoms with Crippen LogP contribution in [0.1, 0.15) is 59.8 Å². The molecule has 0 aromatic rings. The summed E-state index contributed by atoms with van der Waals surface area (Å²) in [7, 11) is 0. The van der Waals surface area contributed by atoms with E-state index in [1.54, 1.807) is 0 Å². The number of amides is 1. The van der Waals surface area contributed by atoms with Gasteiger partial charge in [0.1, 0.15) is 11.4 Å². The molecule has 1 fully saturated rings. The zero-order valence-corrected chi connectivity index (χ0v) is 11.9. The number of Topliss-reactive ketones (excluding diaryl/α,β-unsaturated/α-hetero) is 1. The number of carbonyl (C=O) groups excluding carboxylic acids is 2. The van der Waals surface area contributed by atoms with Crippen LogP contribution in [0.5, 0.6) is 0 Å². The van der Waals surface area contributed by atoms with Crippen LogP contribution in [0, 0.1) is 5.92 Å². The lowest BCUT2D eigenvalue weighted by molar-refractivity contribution is -0.123. The Morgan fingerprint density at radius 2 is 1.72 bits per heavy atom. The van der Waals surface area contributed by atoms with Crippen molar-refractivity contribution in [3.8, 4) is 0 Å². The molecule has 18 heavy (non-hydrogen) atoms. The fraction of sp³-hybridized carbons (Fsp3) is 0.857. The third kappa shape index (κ3) is 5.07. The van der Waals surface area contributed by atoms with Gasteiger partial charge in [-0.05, 0) is 46.5 Å². The molecular weight excluding hydrogens is 230 g/mol. The third-order valence-electron chi connectivity index (χ3n) is 3.25. The Morgan fingerprint density at radius 1 is 1.17 bits per heavy atom. The quantitative estimate of drug-likeness (QED) is 0.843. The lowest BCUT2D eigenvalue weighted by atomic mass is 9.83. The van der Waals surface area contributed by atoms with Crippen LogP contribution in [-0.4, -0.2) is 23.5 Å². The van der Waals surface area contributed by atoms with E-state index in [2.05, 4.69) is 5.32 Å². The van der Waals surface area contributed by atoms with Gasteiger partial charge >= 0.3 is 6.09 Å². The molecule has 4 heteroatoms. The van der Waals surface area contributed by atoms with E-state index in [0.717, 1.165) is 25.7 Å². The minimum Gasteiger partial charge on any atom is -0.444 e. The van der Waals surface area contributed by atoms with Crippen LogP contribution in [0.4, 0.5) is 4.79 Å². The molecule has 1 amide bonds. The maximum absolute atomic E-state index is 11.6. The largest absolute Gasteiger partial charge is 0.444 e. The maximum atomic E-state index is 11.6. The van der Waals surface area contributed by atoms with Gasteiger partial charge in [-0.2, -0.15) is 0 Å². The van der Waals surface area contributed by atoms with E-state index in [0.29, 0.717) is 12.2 Å². The fourth-order valence-corrected chi connectivity index (χ4v) is 2.32. The first kappa shape index (κ1) is 15.0. The van der Waals surface area contributed by atoms with E-state index in [4.69, 9.17) is 4.74 Å². The van der Waals surface area contributed by atoms with Gasteiger partial charge in [0.05, 0.1) is 0 Å². The smallest absolute Gasteiger partial charge is 0.407 e. The van der Waals surface area contributed by atoms with Crippen LogP contribution in [0.25, 0.3) is 0 Å². The predicted molar refractivity (Wildman–Crippen MR) is 70.4 cm³/mol. The summed E-state index contributed by atoms with van der Waals surface area (Å²) < 4.78 is 5.22. The number of carbonyl (C=O) groups is 2. The third-order valence-corrected chi connectivity index (χ3v) is 3.25. The van der Waals surface area contributed by atoms with Gasteiger partial charge < -0.3 is 10.1 Å². The minimum absolute atomic E-state index is 0.153. The number of hydrogen-bond acceptors (Lipinski definition) is 3. The first-order valence-electron chi connectivity index (χ1n) is 6.84. The molecule has 0 radical (unpaired) electrons. The second-order valence-corrected chi connectivity index (χ2v) is 6.01. The summed E-state index contributed by atoms with van der Waals surface area (Å²) in [6.45, 7) is 7.46. The highest BCUT2D eigenvalue weighted by Crippen LogP contribution is 2.26. The summed E-state index contributed by atoms with van der Waals surface area (Å²) >= 11 is 0. The second-order valence-electron chi connectivity index (χ2n) is 6.01. The van der Waals surface area contributed by atoms with Crippen LogP contribution in [-0.2, 0) is 9.53 Å². The van der Waals surface area contributed by atoms with Crippen molar-refractivity contribution in [3.63, 3.8) is 0 Å². The molecule has 1 N–H and O–H groups in total. The lowest BCUT2D eigenvalue weighted by Gasteiger charge is -2.29. The molecule has 0 atom stereocenters. The normalized spacial score (nSPS) is 24.4. The van der Waals surface area contributed by atoms with Gasteiger partial charge in [-0.1, -0.05) is 6.92 Å². The minimum atomic E-state index is -0.459. The van der Waals surface area contributed by atoms with Crippen molar-refractivity contribution in [2.75, 3.05) is 0 Å². The standard InChI is InChI=1S/C14H25NO3/c1-5-12(16)10-6-8-11(9-7-10)15-13(17)18-14(2,3)4/h10-11H,5-9H2,1-4H3,(H,15,17)/t10-,11+. The molecule has 0 aromatic heterocycles. The molecule has 1 saturated carbocycles. The monoisotopic (exact) mass is 255 g/mol. The van der Waals surface area contributed by atoms with Crippen molar-refractivity contribution in [2.45, 2.75) is 71.4 Å². The second kappa shape index (κ2) is 6.21. The SMILES string of the molecule is CCC(=O)[C@H]1CC[C@@H](NC(=O)OC(C)(C)C)CC1. The molecule has 0 heterocycles. The molecular formula is C14H25NO3. The number of rotatable bonds is 3. The lowest BCUT2D eigenvalue weighted by Crippen LogP contribution is -2.41. The van der Waals surface area contributed by atoms with Gasteiger partial charge in [0.15, 0.2) is 0 Å². The Labute approximate surface area is 109 Å². The van der Waals surface area contributed by atoms with Gasteiger partial charge in [-0.15, -0.1) is 0 Å². The van der Waals surface area contributed by atoms with Gasteiger partial charge in [-0.3, -0.25) is 4.79 Å². The topological polar surface area (TPSA) is 55.4 Å². The van der Waals surface area contributed by atoms with Gasteiger partial charge in [-0.25, -0.2) is 4.79 Å². The average molecular weight is 255 g/mol. The number of ether oxygens (including phenoxy) is 1. The zero-order chi connectivity index (χ0) is 13.8. The van der Waals surface area contributed by atoms with Crippen molar-refractivity contribution >= 4 is 11.9 Å². The number of hydrogen-bond donors (Lipinski definition) is 1. The van der Waals surface area contributed by atoms with Gasteiger partial charge in [0.2, 0.25) is 0 Å². The van der Waals surface area contributed by atoms with E-state index in [9.17, 15) is 9.59 Å². The molecule has 0 aliphatic heterocycles. The van der Waals surface area contributed by atoms with Gasteiger partial charge in [0, 0.05) is 18.4 Å². The molecule has 0 aromatic carbocycles. The number of nitrogens with one attached hydrogen (secondary N) is 1. The molecule has 4 nitrogen and oxygen atoms in total. The molecule has 1 aliphatic rings. The number of alkyl carbamates (subject to hydrolysis) is 1. The van der Waals surface area contributed by atoms with Crippen LogP contribution >= 0.6 is 0 Å². The van der Waals surface area contributed by atoms with E-state index < -0.39 is 5.60 Å².